The maximum Gasteiger partial charge on any atom is 0.258 e. The minimum atomic E-state index is -0.287. The van der Waals surface area contributed by atoms with Crippen LogP contribution >= 0.6 is 0 Å². The summed E-state index contributed by atoms with van der Waals surface area (Å²) in [5, 5.41) is 0.984. The number of hydrogen-bond donors (Lipinski definition) is 0. The minimum Gasteiger partial charge on any atom is -0.489 e. The fraction of sp³-hybridized carbons (Fsp3) is 0.269. The highest BCUT2D eigenvalue weighted by atomic mass is 19.1. The van der Waals surface area contributed by atoms with Crippen molar-refractivity contribution in [3.05, 3.63) is 94.4 Å². The molecule has 4 aromatic rings. The van der Waals surface area contributed by atoms with E-state index in [1.165, 1.54) is 37.5 Å². The van der Waals surface area contributed by atoms with Gasteiger partial charge in [-0.3, -0.25) is 14.3 Å². The van der Waals surface area contributed by atoms with E-state index in [1.807, 2.05) is 18.2 Å². The summed E-state index contributed by atoms with van der Waals surface area (Å²) >= 11 is 0. The number of aromatic nitrogens is 1. The second kappa shape index (κ2) is 9.01. The van der Waals surface area contributed by atoms with Crippen molar-refractivity contribution in [1.82, 2.24) is 9.47 Å². The number of nitrogens with zero attached hydrogens (tertiary/aromatic N) is 2. The molecule has 1 saturated heterocycles. The molecule has 5 nitrogen and oxygen atoms in total. The number of pyridine rings is 1. The van der Waals surface area contributed by atoms with E-state index < -0.39 is 0 Å². The van der Waals surface area contributed by atoms with Crippen molar-refractivity contribution in [3.63, 3.8) is 0 Å². The normalized spacial score (nSPS) is 14.7. The molecule has 0 amide bonds. The van der Waals surface area contributed by atoms with E-state index >= 15 is 0 Å². The Morgan fingerprint density at radius 2 is 1.75 bits per heavy atom. The molecule has 0 aliphatic carbocycles. The molecular formula is C26H25FN2O3. The molecule has 0 spiro atoms. The van der Waals surface area contributed by atoms with Crippen LogP contribution in [-0.2, 0) is 13.2 Å². The van der Waals surface area contributed by atoms with Crippen molar-refractivity contribution in [2.45, 2.75) is 32.4 Å². The van der Waals surface area contributed by atoms with Gasteiger partial charge in [-0.25, -0.2) is 4.39 Å². The van der Waals surface area contributed by atoms with Crippen molar-refractivity contribution in [3.8, 4) is 11.4 Å². The second-order valence-corrected chi connectivity index (χ2v) is 8.26. The Morgan fingerprint density at radius 3 is 2.53 bits per heavy atom. The van der Waals surface area contributed by atoms with E-state index in [0.717, 1.165) is 47.6 Å². The molecule has 32 heavy (non-hydrogen) atoms. The number of hydrogen-bond acceptors (Lipinski definition) is 4. The summed E-state index contributed by atoms with van der Waals surface area (Å²) < 4.78 is 26.3. The third-order valence-corrected chi connectivity index (χ3v) is 5.87. The molecule has 0 bridgehead atoms. The van der Waals surface area contributed by atoms with Gasteiger partial charge < -0.3 is 9.15 Å². The van der Waals surface area contributed by atoms with E-state index in [9.17, 15) is 9.18 Å². The summed E-state index contributed by atoms with van der Waals surface area (Å²) in [5.41, 5.74) is 2.25. The first kappa shape index (κ1) is 20.5. The summed E-state index contributed by atoms with van der Waals surface area (Å²) in [6.07, 6.45) is 5.51. The largest absolute Gasteiger partial charge is 0.489 e. The summed E-state index contributed by atoms with van der Waals surface area (Å²) in [6.45, 7) is 3.33. The van der Waals surface area contributed by atoms with E-state index in [2.05, 4.69) is 11.0 Å². The van der Waals surface area contributed by atoms with E-state index in [0.29, 0.717) is 5.75 Å². The number of furan rings is 1. The van der Waals surface area contributed by atoms with Crippen LogP contribution in [0.25, 0.3) is 16.7 Å². The van der Waals surface area contributed by atoms with Gasteiger partial charge in [-0.05, 0) is 74.0 Å². The van der Waals surface area contributed by atoms with Crippen molar-refractivity contribution >= 4 is 11.0 Å². The monoisotopic (exact) mass is 432 g/mol. The first-order valence-corrected chi connectivity index (χ1v) is 11.0. The third kappa shape index (κ3) is 4.60. The molecule has 0 N–H and O–H groups in total. The molecule has 2 aromatic heterocycles. The second-order valence-electron chi connectivity index (χ2n) is 8.26. The molecule has 2 aromatic carbocycles. The molecule has 0 radical (unpaired) electrons. The van der Waals surface area contributed by atoms with Gasteiger partial charge in [0.25, 0.3) is 5.56 Å². The zero-order valence-electron chi connectivity index (χ0n) is 17.8. The van der Waals surface area contributed by atoms with Gasteiger partial charge in [0.2, 0.25) is 0 Å². The average Bonchev–Trinajstić information content (AvgIpc) is 3.21. The Kier molecular flexibility index (Phi) is 5.77. The van der Waals surface area contributed by atoms with Crippen LogP contribution < -0.4 is 10.3 Å². The molecule has 6 heteroatoms. The van der Waals surface area contributed by atoms with Gasteiger partial charge in [0, 0.05) is 23.3 Å². The van der Waals surface area contributed by atoms with Crippen LogP contribution in [-0.4, -0.2) is 22.6 Å². The van der Waals surface area contributed by atoms with Crippen molar-refractivity contribution in [1.29, 1.82) is 0 Å². The van der Waals surface area contributed by atoms with Gasteiger partial charge in [-0.1, -0.05) is 18.6 Å². The average molecular weight is 432 g/mol. The van der Waals surface area contributed by atoms with Gasteiger partial charge >= 0.3 is 0 Å². The van der Waals surface area contributed by atoms with Crippen LogP contribution in [0, 0.1) is 5.82 Å². The number of piperidine rings is 1. The van der Waals surface area contributed by atoms with Gasteiger partial charge in [0.1, 0.15) is 29.5 Å². The van der Waals surface area contributed by atoms with Gasteiger partial charge in [-0.15, -0.1) is 0 Å². The predicted octanol–water partition coefficient (Wildman–Crippen LogP) is 5.29. The highest BCUT2D eigenvalue weighted by Gasteiger charge is 2.14. The molecule has 0 saturated carbocycles. The zero-order chi connectivity index (χ0) is 21.9. The van der Waals surface area contributed by atoms with Gasteiger partial charge in [-0.2, -0.15) is 0 Å². The summed E-state index contributed by atoms with van der Waals surface area (Å²) in [4.78, 5) is 15.1. The van der Waals surface area contributed by atoms with Crippen LogP contribution in [0.3, 0.4) is 0 Å². The van der Waals surface area contributed by atoms with Crippen molar-refractivity contribution < 1.29 is 13.5 Å². The molecule has 3 heterocycles. The number of rotatable bonds is 6. The first-order chi connectivity index (χ1) is 15.6. The minimum absolute atomic E-state index is 0.182. The number of likely N-dealkylation sites (tertiary alicyclic amines) is 1. The highest BCUT2D eigenvalue weighted by molar-refractivity contribution is 5.80. The standard InChI is InChI=1S/C26H25FN2O3/c27-21-6-4-19(5-7-21)18-31-23-10-13-29(26(30)16-23)22-8-9-25-20(14-22)15-24(32-25)17-28-11-2-1-3-12-28/h4-10,13-16H,1-3,11-12,17-18H2. The van der Waals surface area contributed by atoms with E-state index in [4.69, 9.17) is 9.15 Å². The van der Waals surface area contributed by atoms with Crippen LogP contribution in [0.2, 0.25) is 0 Å². The van der Waals surface area contributed by atoms with Crippen molar-refractivity contribution in [2.75, 3.05) is 13.1 Å². The molecule has 1 fully saturated rings. The fourth-order valence-corrected chi connectivity index (χ4v) is 4.16. The SMILES string of the molecule is O=c1cc(OCc2ccc(F)cc2)ccn1-c1ccc2oc(CN3CCCCC3)cc2c1. The Morgan fingerprint density at radius 1 is 0.938 bits per heavy atom. The topological polar surface area (TPSA) is 47.6 Å². The maximum absolute atomic E-state index is 13.0. The quantitative estimate of drug-likeness (QED) is 0.416. The Labute approximate surface area is 185 Å². The lowest BCUT2D eigenvalue weighted by molar-refractivity contribution is 0.207. The predicted molar refractivity (Wildman–Crippen MR) is 122 cm³/mol. The van der Waals surface area contributed by atoms with E-state index in [-0.39, 0.29) is 18.0 Å². The molecule has 1 aliphatic rings. The lowest BCUT2D eigenvalue weighted by Gasteiger charge is -2.25. The lowest BCUT2D eigenvalue weighted by atomic mass is 10.1. The van der Waals surface area contributed by atoms with Gasteiger partial charge in [0.15, 0.2) is 0 Å². The first-order valence-electron chi connectivity index (χ1n) is 11.0. The molecule has 164 valence electrons. The smallest absolute Gasteiger partial charge is 0.258 e. The summed E-state index contributed by atoms with van der Waals surface area (Å²) in [5.74, 6) is 1.14. The van der Waals surface area contributed by atoms with Crippen LogP contribution in [0.5, 0.6) is 5.75 Å². The number of fused-ring (bicyclic) bond motifs is 1. The van der Waals surface area contributed by atoms with Crippen LogP contribution in [0.15, 0.2) is 76.1 Å². The molecule has 0 unspecified atom stereocenters. The van der Waals surface area contributed by atoms with Crippen LogP contribution in [0.4, 0.5) is 4.39 Å². The summed E-state index contributed by atoms with van der Waals surface area (Å²) in [7, 11) is 0. The number of benzene rings is 2. The molecule has 5 rings (SSSR count). The summed E-state index contributed by atoms with van der Waals surface area (Å²) in [6, 6.07) is 17.2. The van der Waals surface area contributed by atoms with Crippen molar-refractivity contribution in [2.24, 2.45) is 0 Å². The Hall–Kier alpha value is -3.38. The van der Waals surface area contributed by atoms with E-state index in [1.54, 1.807) is 29.0 Å². The third-order valence-electron chi connectivity index (χ3n) is 5.87. The molecular weight excluding hydrogens is 407 g/mol. The lowest BCUT2D eigenvalue weighted by Crippen LogP contribution is -2.28. The Bertz CT molecular complexity index is 1270. The molecule has 0 atom stereocenters. The number of ether oxygens (including phenoxy) is 1. The van der Waals surface area contributed by atoms with Gasteiger partial charge in [0.05, 0.1) is 6.54 Å². The number of halogens is 1. The fourth-order valence-electron chi connectivity index (χ4n) is 4.16. The highest BCUT2D eigenvalue weighted by Crippen LogP contribution is 2.24. The maximum atomic E-state index is 13.0. The van der Waals surface area contributed by atoms with Crippen LogP contribution in [0.1, 0.15) is 30.6 Å². The Balaban J connectivity index is 1.31. The molecule has 1 aliphatic heterocycles. The zero-order valence-corrected chi connectivity index (χ0v) is 17.8.